The van der Waals surface area contributed by atoms with E-state index >= 15 is 0 Å². The van der Waals surface area contributed by atoms with Crippen molar-refractivity contribution in [1.82, 2.24) is 0 Å². The van der Waals surface area contributed by atoms with Crippen molar-refractivity contribution in [1.29, 1.82) is 0 Å². The van der Waals surface area contributed by atoms with Gasteiger partial charge in [0, 0.05) is 25.8 Å². The summed E-state index contributed by atoms with van der Waals surface area (Å²) in [7, 11) is 4.10. The fourth-order valence-electron chi connectivity index (χ4n) is 1.38. The fourth-order valence-corrected chi connectivity index (χ4v) is 1.38. The first-order chi connectivity index (χ1) is 6.63. The Balaban J connectivity index is 0.00000196. The lowest BCUT2D eigenvalue weighted by molar-refractivity contribution is 0.646. The summed E-state index contributed by atoms with van der Waals surface area (Å²) in [4.78, 5) is 2.10. The van der Waals surface area contributed by atoms with Crippen LogP contribution in [0.3, 0.4) is 0 Å². The average Bonchev–Trinajstić information content (AvgIpc) is 2.18. The van der Waals surface area contributed by atoms with Crippen LogP contribution in [0.15, 0.2) is 24.3 Å². The molecule has 0 spiro atoms. The van der Waals surface area contributed by atoms with E-state index in [-0.39, 0.29) is 12.4 Å². The summed E-state index contributed by atoms with van der Waals surface area (Å²) in [5.74, 6) is 0. The van der Waals surface area contributed by atoms with Gasteiger partial charge in [-0.05, 0) is 30.5 Å². The van der Waals surface area contributed by atoms with Crippen LogP contribution in [0, 0.1) is 0 Å². The van der Waals surface area contributed by atoms with Gasteiger partial charge in [-0.2, -0.15) is 0 Å². The van der Waals surface area contributed by atoms with Gasteiger partial charge in [0.25, 0.3) is 0 Å². The van der Waals surface area contributed by atoms with Gasteiger partial charge in [0.05, 0.1) is 0 Å². The molecule has 0 aromatic heterocycles. The number of hydrogen-bond acceptors (Lipinski definition) is 2. The number of hydrogen-bond donors (Lipinski definition) is 1. The molecule has 0 aliphatic rings. The van der Waals surface area contributed by atoms with E-state index in [1.165, 1.54) is 11.3 Å². The van der Waals surface area contributed by atoms with Gasteiger partial charge in [-0.3, -0.25) is 0 Å². The first kappa shape index (κ1) is 14.3. The molecule has 0 aliphatic carbocycles. The second-order valence-corrected chi connectivity index (χ2v) is 3.93. The highest BCUT2D eigenvalue weighted by atomic mass is 35.5. The standard InChI is InChI=1S/C12H20N2.ClH/c1-4-11(13)9-10-5-7-12(8-6-10)14(2)3;/h5-8,11H,4,9,13H2,1-3H3;1H. The molecular formula is C12H21ClN2. The van der Waals surface area contributed by atoms with Crippen molar-refractivity contribution in [2.45, 2.75) is 25.8 Å². The molecular weight excluding hydrogens is 208 g/mol. The molecule has 0 saturated carbocycles. The minimum atomic E-state index is 0. The van der Waals surface area contributed by atoms with Crippen LogP contribution in [-0.4, -0.2) is 20.1 Å². The summed E-state index contributed by atoms with van der Waals surface area (Å²) < 4.78 is 0. The summed E-state index contributed by atoms with van der Waals surface area (Å²) >= 11 is 0. The van der Waals surface area contributed by atoms with E-state index in [2.05, 4.69) is 36.1 Å². The van der Waals surface area contributed by atoms with E-state index in [1.54, 1.807) is 0 Å². The molecule has 1 unspecified atom stereocenters. The molecule has 15 heavy (non-hydrogen) atoms. The molecule has 0 amide bonds. The van der Waals surface area contributed by atoms with Crippen molar-refractivity contribution in [2.24, 2.45) is 5.73 Å². The van der Waals surface area contributed by atoms with E-state index < -0.39 is 0 Å². The third kappa shape index (κ3) is 4.54. The minimum Gasteiger partial charge on any atom is -0.378 e. The number of benzene rings is 1. The van der Waals surface area contributed by atoms with E-state index in [9.17, 15) is 0 Å². The van der Waals surface area contributed by atoms with Crippen LogP contribution >= 0.6 is 12.4 Å². The molecule has 2 nitrogen and oxygen atoms in total. The van der Waals surface area contributed by atoms with Crippen molar-refractivity contribution < 1.29 is 0 Å². The molecule has 86 valence electrons. The maximum Gasteiger partial charge on any atom is 0.0361 e. The molecule has 0 fully saturated rings. The van der Waals surface area contributed by atoms with E-state index in [1.807, 2.05) is 14.1 Å². The molecule has 1 aromatic rings. The van der Waals surface area contributed by atoms with Gasteiger partial charge in [-0.1, -0.05) is 19.1 Å². The Labute approximate surface area is 98.9 Å². The van der Waals surface area contributed by atoms with Gasteiger partial charge in [0.1, 0.15) is 0 Å². The first-order valence-corrected chi connectivity index (χ1v) is 5.15. The molecule has 1 rings (SSSR count). The molecule has 0 saturated heterocycles. The third-order valence-electron chi connectivity index (χ3n) is 2.48. The smallest absolute Gasteiger partial charge is 0.0361 e. The van der Waals surface area contributed by atoms with Crippen LogP contribution in [0.25, 0.3) is 0 Å². The molecule has 0 radical (unpaired) electrons. The zero-order valence-corrected chi connectivity index (χ0v) is 10.6. The summed E-state index contributed by atoms with van der Waals surface area (Å²) in [6, 6.07) is 8.88. The number of nitrogens with two attached hydrogens (primary N) is 1. The number of nitrogens with zero attached hydrogens (tertiary/aromatic N) is 1. The first-order valence-electron chi connectivity index (χ1n) is 5.15. The topological polar surface area (TPSA) is 29.3 Å². The Kier molecular flexibility index (Phi) is 6.37. The third-order valence-corrected chi connectivity index (χ3v) is 2.48. The van der Waals surface area contributed by atoms with E-state index in [4.69, 9.17) is 5.73 Å². The Morgan fingerprint density at radius 1 is 1.20 bits per heavy atom. The Morgan fingerprint density at radius 2 is 1.73 bits per heavy atom. The lowest BCUT2D eigenvalue weighted by atomic mass is 10.0. The van der Waals surface area contributed by atoms with Crippen LogP contribution in [0.2, 0.25) is 0 Å². The summed E-state index contributed by atoms with van der Waals surface area (Å²) in [5, 5.41) is 0. The largest absolute Gasteiger partial charge is 0.378 e. The highest BCUT2D eigenvalue weighted by Gasteiger charge is 2.01. The van der Waals surface area contributed by atoms with Gasteiger partial charge >= 0.3 is 0 Å². The molecule has 1 aromatic carbocycles. The van der Waals surface area contributed by atoms with Gasteiger partial charge < -0.3 is 10.6 Å². The van der Waals surface area contributed by atoms with Crippen LogP contribution in [0.1, 0.15) is 18.9 Å². The molecule has 0 heterocycles. The molecule has 0 bridgehead atoms. The number of anilines is 1. The van der Waals surface area contributed by atoms with Gasteiger partial charge in [0.2, 0.25) is 0 Å². The van der Waals surface area contributed by atoms with E-state index in [0.717, 1.165) is 12.8 Å². The minimum absolute atomic E-state index is 0. The molecule has 2 N–H and O–H groups in total. The van der Waals surface area contributed by atoms with Gasteiger partial charge in [-0.15, -0.1) is 12.4 Å². The van der Waals surface area contributed by atoms with Crippen molar-refractivity contribution in [2.75, 3.05) is 19.0 Å². The zero-order valence-electron chi connectivity index (χ0n) is 9.73. The average molecular weight is 229 g/mol. The highest BCUT2D eigenvalue weighted by molar-refractivity contribution is 5.85. The van der Waals surface area contributed by atoms with Crippen molar-refractivity contribution in [3.63, 3.8) is 0 Å². The molecule has 0 aliphatic heterocycles. The highest BCUT2D eigenvalue weighted by Crippen LogP contribution is 2.13. The van der Waals surface area contributed by atoms with Gasteiger partial charge in [-0.25, -0.2) is 0 Å². The SMILES string of the molecule is CCC(N)Cc1ccc(N(C)C)cc1.Cl. The molecule has 1 atom stereocenters. The summed E-state index contributed by atoms with van der Waals surface area (Å²) in [6.45, 7) is 2.12. The van der Waals surface area contributed by atoms with Crippen molar-refractivity contribution >= 4 is 18.1 Å². The predicted molar refractivity (Wildman–Crippen MR) is 70.0 cm³/mol. The van der Waals surface area contributed by atoms with Crippen LogP contribution in [0.5, 0.6) is 0 Å². The number of rotatable bonds is 4. The second-order valence-electron chi connectivity index (χ2n) is 3.93. The lowest BCUT2D eigenvalue weighted by Crippen LogP contribution is -2.21. The number of halogens is 1. The second kappa shape index (κ2) is 6.70. The predicted octanol–water partition coefficient (Wildman–Crippen LogP) is 2.45. The van der Waals surface area contributed by atoms with Gasteiger partial charge in [0.15, 0.2) is 0 Å². The maximum atomic E-state index is 5.89. The lowest BCUT2D eigenvalue weighted by Gasteiger charge is -2.13. The Hall–Kier alpha value is -0.730. The summed E-state index contributed by atoms with van der Waals surface area (Å²) in [5.41, 5.74) is 8.45. The maximum absolute atomic E-state index is 5.89. The monoisotopic (exact) mass is 228 g/mol. The van der Waals surface area contributed by atoms with E-state index in [0.29, 0.717) is 6.04 Å². The van der Waals surface area contributed by atoms with Crippen LogP contribution in [-0.2, 0) is 6.42 Å². The zero-order chi connectivity index (χ0) is 10.6. The van der Waals surface area contributed by atoms with Crippen LogP contribution in [0.4, 0.5) is 5.69 Å². The Bertz CT molecular complexity index is 269. The fraction of sp³-hybridized carbons (Fsp3) is 0.500. The molecule has 3 heteroatoms. The van der Waals surface area contributed by atoms with Crippen LogP contribution < -0.4 is 10.6 Å². The quantitative estimate of drug-likeness (QED) is 0.858. The van der Waals surface area contributed by atoms with Crippen molar-refractivity contribution in [3.8, 4) is 0 Å². The van der Waals surface area contributed by atoms with Crippen molar-refractivity contribution in [3.05, 3.63) is 29.8 Å². The normalized spacial score (nSPS) is 11.7. The summed E-state index contributed by atoms with van der Waals surface area (Å²) in [6.07, 6.45) is 2.01. The Morgan fingerprint density at radius 3 is 2.13 bits per heavy atom.